The van der Waals surface area contributed by atoms with E-state index in [0.29, 0.717) is 0 Å². The molecule has 1 heteroatoms. The highest BCUT2D eigenvalue weighted by molar-refractivity contribution is 4.60. The van der Waals surface area contributed by atoms with Crippen LogP contribution in [0.25, 0.3) is 0 Å². The Hall–Kier alpha value is -0.0400. The maximum Gasteiger partial charge on any atom is 0.0494 e. The van der Waals surface area contributed by atoms with E-state index >= 15 is 0 Å². The van der Waals surface area contributed by atoms with Gasteiger partial charge >= 0.3 is 0 Å². The van der Waals surface area contributed by atoms with E-state index in [1.54, 1.807) is 0 Å². The molecule has 0 N–H and O–H groups in total. The predicted molar refractivity (Wildman–Crippen MR) is 114 cm³/mol. The Labute approximate surface area is 160 Å². The standard InChI is InChI=1S/C24H50O/c1-4-7-10-13-15-18-21-24(20-17-12-9-6-3)23-25-22-19-16-14-11-8-5-2/h24H,4-23H2,1-3H3. The van der Waals surface area contributed by atoms with Gasteiger partial charge in [-0.15, -0.1) is 0 Å². The summed E-state index contributed by atoms with van der Waals surface area (Å²) in [6.45, 7) is 8.91. The monoisotopic (exact) mass is 354 g/mol. The molecule has 0 rings (SSSR count). The minimum atomic E-state index is 0.822. The van der Waals surface area contributed by atoms with Crippen LogP contribution in [0.4, 0.5) is 0 Å². The van der Waals surface area contributed by atoms with Crippen molar-refractivity contribution in [1.29, 1.82) is 0 Å². The highest BCUT2D eigenvalue weighted by atomic mass is 16.5. The van der Waals surface area contributed by atoms with Gasteiger partial charge in [0, 0.05) is 13.2 Å². The van der Waals surface area contributed by atoms with Crippen LogP contribution in [0.1, 0.15) is 136 Å². The van der Waals surface area contributed by atoms with E-state index < -0.39 is 0 Å². The molecule has 25 heavy (non-hydrogen) atoms. The van der Waals surface area contributed by atoms with Crippen molar-refractivity contribution in [3.63, 3.8) is 0 Å². The molecule has 0 aliphatic carbocycles. The molecule has 0 spiro atoms. The molecule has 0 aliphatic heterocycles. The molecule has 0 saturated carbocycles. The van der Waals surface area contributed by atoms with E-state index in [-0.39, 0.29) is 0 Å². The lowest BCUT2D eigenvalue weighted by molar-refractivity contribution is 0.0879. The third-order valence-corrected chi connectivity index (χ3v) is 5.43. The molecule has 0 fully saturated rings. The summed E-state index contributed by atoms with van der Waals surface area (Å²) in [4.78, 5) is 0. The highest BCUT2D eigenvalue weighted by Crippen LogP contribution is 2.19. The van der Waals surface area contributed by atoms with E-state index in [4.69, 9.17) is 4.74 Å². The fourth-order valence-corrected chi connectivity index (χ4v) is 3.62. The Morgan fingerprint density at radius 3 is 1.40 bits per heavy atom. The van der Waals surface area contributed by atoms with Gasteiger partial charge in [-0.25, -0.2) is 0 Å². The van der Waals surface area contributed by atoms with E-state index in [1.807, 2.05) is 0 Å². The molecule has 1 nitrogen and oxygen atoms in total. The first-order valence-corrected chi connectivity index (χ1v) is 11.9. The van der Waals surface area contributed by atoms with Crippen molar-refractivity contribution in [2.75, 3.05) is 13.2 Å². The van der Waals surface area contributed by atoms with Crippen molar-refractivity contribution in [3.8, 4) is 0 Å². The van der Waals surface area contributed by atoms with Gasteiger partial charge < -0.3 is 4.74 Å². The van der Waals surface area contributed by atoms with Gasteiger partial charge in [0.2, 0.25) is 0 Å². The van der Waals surface area contributed by atoms with Crippen molar-refractivity contribution in [2.45, 2.75) is 136 Å². The third-order valence-electron chi connectivity index (χ3n) is 5.43. The van der Waals surface area contributed by atoms with Crippen LogP contribution < -0.4 is 0 Å². The average molecular weight is 355 g/mol. The molecular formula is C24H50O. The zero-order valence-electron chi connectivity index (χ0n) is 18.1. The average Bonchev–Trinajstić information content (AvgIpc) is 2.63. The van der Waals surface area contributed by atoms with Gasteiger partial charge in [-0.05, 0) is 25.2 Å². The lowest BCUT2D eigenvalue weighted by atomic mass is 9.95. The minimum absolute atomic E-state index is 0.822. The van der Waals surface area contributed by atoms with Crippen LogP contribution in [0.3, 0.4) is 0 Å². The topological polar surface area (TPSA) is 9.23 Å². The van der Waals surface area contributed by atoms with E-state index in [9.17, 15) is 0 Å². The molecule has 1 atom stereocenters. The second kappa shape index (κ2) is 22.0. The molecule has 152 valence electrons. The Bertz CT molecular complexity index is 226. The van der Waals surface area contributed by atoms with Crippen LogP contribution in [0.15, 0.2) is 0 Å². The van der Waals surface area contributed by atoms with E-state index in [2.05, 4.69) is 20.8 Å². The quantitative estimate of drug-likeness (QED) is 0.187. The normalized spacial score (nSPS) is 12.6. The Morgan fingerprint density at radius 1 is 0.480 bits per heavy atom. The molecule has 0 amide bonds. The summed E-state index contributed by atoms with van der Waals surface area (Å²) in [6, 6.07) is 0. The smallest absolute Gasteiger partial charge is 0.0494 e. The van der Waals surface area contributed by atoms with E-state index in [0.717, 1.165) is 19.1 Å². The van der Waals surface area contributed by atoms with Gasteiger partial charge in [0.05, 0.1) is 0 Å². The second-order valence-electron chi connectivity index (χ2n) is 8.11. The Kier molecular flexibility index (Phi) is 22.0. The summed E-state index contributed by atoms with van der Waals surface area (Å²) in [6.07, 6.45) is 25.1. The molecule has 0 aliphatic rings. The van der Waals surface area contributed by atoms with Crippen LogP contribution in [0.2, 0.25) is 0 Å². The first kappa shape index (κ1) is 25.0. The van der Waals surface area contributed by atoms with Gasteiger partial charge in [0.15, 0.2) is 0 Å². The summed E-state index contributed by atoms with van der Waals surface area (Å²) in [5, 5.41) is 0. The van der Waals surface area contributed by atoms with E-state index in [1.165, 1.54) is 116 Å². The summed E-state index contributed by atoms with van der Waals surface area (Å²) < 4.78 is 6.05. The fraction of sp³-hybridized carbons (Fsp3) is 1.00. The van der Waals surface area contributed by atoms with Gasteiger partial charge in [-0.2, -0.15) is 0 Å². The van der Waals surface area contributed by atoms with Crippen LogP contribution in [0.5, 0.6) is 0 Å². The Morgan fingerprint density at radius 2 is 0.880 bits per heavy atom. The van der Waals surface area contributed by atoms with Crippen molar-refractivity contribution in [1.82, 2.24) is 0 Å². The number of unbranched alkanes of at least 4 members (excludes halogenated alkanes) is 13. The lowest BCUT2D eigenvalue weighted by Gasteiger charge is -2.17. The summed E-state index contributed by atoms with van der Waals surface area (Å²) in [5.41, 5.74) is 0. The molecule has 1 unspecified atom stereocenters. The number of rotatable bonds is 21. The highest BCUT2D eigenvalue weighted by Gasteiger charge is 2.09. The fourth-order valence-electron chi connectivity index (χ4n) is 3.62. The first-order valence-electron chi connectivity index (χ1n) is 11.9. The van der Waals surface area contributed by atoms with Gasteiger partial charge in [0.25, 0.3) is 0 Å². The van der Waals surface area contributed by atoms with Crippen LogP contribution in [-0.4, -0.2) is 13.2 Å². The first-order chi connectivity index (χ1) is 12.3. The largest absolute Gasteiger partial charge is 0.381 e. The third kappa shape index (κ3) is 20.1. The van der Waals surface area contributed by atoms with Gasteiger partial charge in [-0.1, -0.05) is 117 Å². The molecule has 0 bridgehead atoms. The van der Waals surface area contributed by atoms with Crippen molar-refractivity contribution >= 4 is 0 Å². The summed E-state index contributed by atoms with van der Waals surface area (Å²) in [5.74, 6) is 0.822. The maximum absolute atomic E-state index is 6.05. The molecular weight excluding hydrogens is 304 g/mol. The lowest BCUT2D eigenvalue weighted by Crippen LogP contribution is -2.11. The molecule has 0 radical (unpaired) electrons. The van der Waals surface area contributed by atoms with Crippen molar-refractivity contribution in [2.24, 2.45) is 5.92 Å². The number of ether oxygens (including phenoxy) is 1. The zero-order valence-corrected chi connectivity index (χ0v) is 18.1. The SMILES string of the molecule is CCCCCCCCOCC(CCCCCC)CCCCCCCC. The van der Waals surface area contributed by atoms with Gasteiger partial charge in [-0.3, -0.25) is 0 Å². The van der Waals surface area contributed by atoms with Crippen LogP contribution >= 0.6 is 0 Å². The summed E-state index contributed by atoms with van der Waals surface area (Å²) >= 11 is 0. The maximum atomic E-state index is 6.05. The summed E-state index contributed by atoms with van der Waals surface area (Å²) in [7, 11) is 0. The van der Waals surface area contributed by atoms with Crippen LogP contribution in [-0.2, 0) is 4.74 Å². The molecule has 0 aromatic carbocycles. The molecule has 0 heterocycles. The number of hydrogen-bond donors (Lipinski definition) is 0. The molecule has 0 aromatic heterocycles. The molecule has 0 aromatic rings. The molecule has 0 saturated heterocycles. The minimum Gasteiger partial charge on any atom is -0.381 e. The predicted octanol–water partition coefficient (Wildman–Crippen LogP) is 8.70. The number of hydrogen-bond acceptors (Lipinski definition) is 1. The van der Waals surface area contributed by atoms with Crippen molar-refractivity contribution < 1.29 is 4.74 Å². The Balaban J connectivity index is 3.69. The second-order valence-corrected chi connectivity index (χ2v) is 8.11. The van der Waals surface area contributed by atoms with Crippen molar-refractivity contribution in [3.05, 3.63) is 0 Å². The van der Waals surface area contributed by atoms with Gasteiger partial charge in [0.1, 0.15) is 0 Å². The zero-order chi connectivity index (χ0) is 18.4. The van der Waals surface area contributed by atoms with Crippen LogP contribution in [0, 0.1) is 5.92 Å².